The highest BCUT2D eigenvalue weighted by atomic mass is 16.3. The smallest absolute Gasteiger partial charge is 0.170 e. The number of rotatable bonds is 7. The first-order valence-electron chi connectivity index (χ1n) is 11.7. The zero-order valence-electron chi connectivity index (χ0n) is 20.0. The summed E-state index contributed by atoms with van der Waals surface area (Å²) < 4.78 is 1.77. The minimum atomic E-state index is -0.755. The van der Waals surface area contributed by atoms with Crippen molar-refractivity contribution in [3.8, 4) is 11.8 Å². The number of likely N-dealkylation sites (tertiary alicyclic amines) is 1. The Hall–Kier alpha value is -3.34. The van der Waals surface area contributed by atoms with E-state index in [4.69, 9.17) is 0 Å². The molecule has 1 saturated heterocycles. The molecule has 1 aliphatic rings. The van der Waals surface area contributed by atoms with Crippen molar-refractivity contribution in [2.45, 2.75) is 51.0 Å². The lowest BCUT2D eigenvalue weighted by atomic mass is 9.76. The predicted octanol–water partition coefficient (Wildman–Crippen LogP) is 3.63. The number of pyridine rings is 1. The molecule has 7 nitrogen and oxygen atoms in total. The highest BCUT2D eigenvalue weighted by molar-refractivity contribution is 5.98. The number of nitrogens with zero attached hydrogens (tertiary/aromatic N) is 5. The average molecular weight is 458 g/mol. The first kappa shape index (κ1) is 23.8. The van der Waals surface area contributed by atoms with Gasteiger partial charge in [0.25, 0.3) is 0 Å². The molecule has 0 amide bonds. The third kappa shape index (κ3) is 5.09. The zero-order valence-corrected chi connectivity index (χ0v) is 20.0. The van der Waals surface area contributed by atoms with Crippen molar-refractivity contribution in [3.63, 3.8) is 0 Å². The molecule has 4 rings (SSSR count). The fraction of sp³-hybridized carbons (Fsp3) is 0.407. The summed E-state index contributed by atoms with van der Waals surface area (Å²) >= 11 is 0. The number of benzene rings is 1. The van der Waals surface area contributed by atoms with E-state index in [9.17, 15) is 15.2 Å². The maximum absolute atomic E-state index is 13.0. The number of carbonyl (C=O) groups excluding carboxylic acids is 1. The Balaban J connectivity index is 1.44. The Morgan fingerprint density at radius 2 is 1.85 bits per heavy atom. The van der Waals surface area contributed by atoms with Crippen LogP contribution >= 0.6 is 0 Å². The number of para-hydroxylation sites is 1. The molecule has 1 fully saturated rings. The van der Waals surface area contributed by atoms with E-state index in [1.807, 2.05) is 49.4 Å². The van der Waals surface area contributed by atoms with Crippen LogP contribution in [0.3, 0.4) is 0 Å². The first-order valence-corrected chi connectivity index (χ1v) is 11.7. The minimum Gasteiger partial charge on any atom is -0.389 e. The van der Waals surface area contributed by atoms with Crippen LogP contribution in [-0.2, 0) is 11.8 Å². The van der Waals surface area contributed by atoms with E-state index in [-0.39, 0.29) is 12.2 Å². The largest absolute Gasteiger partial charge is 0.389 e. The van der Waals surface area contributed by atoms with Crippen LogP contribution in [-0.4, -0.2) is 55.8 Å². The van der Waals surface area contributed by atoms with E-state index in [0.717, 1.165) is 35.7 Å². The van der Waals surface area contributed by atoms with E-state index in [1.54, 1.807) is 30.9 Å². The lowest BCUT2D eigenvalue weighted by molar-refractivity contribution is 0.0244. The summed E-state index contributed by atoms with van der Waals surface area (Å²) in [6.07, 6.45) is 4.91. The van der Waals surface area contributed by atoms with Gasteiger partial charge in [-0.05, 0) is 57.4 Å². The van der Waals surface area contributed by atoms with Gasteiger partial charge in [0.2, 0.25) is 0 Å². The highest BCUT2D eigenvalue weighted by Gasteiger charge is 2.38. The Morgan fingerprint density at radius 1 is 1.15 bits per heavy atom. The molecule has 3 aromatic rings. The molecule has 0 spiro atoms. The van der Waals surface area contributed by atoms with Crippen LogP contribution in [0.15, 0.2) is 54.9 Å². The lowest BCUT2D eigenvalue weighted by Crippen LogP contribution is -2.47. The van der Waals surface area contributed by atoms with E-state index in [2.05, 4.69) is 21.1 Å². The summed E-state index contributed by atoms with van der Waals surface area (Å²) in [6.45, 7) is 7.57. The van der Waals surface area contributed by atoms with Gasteiger partial charge >= 0.3 is 0 Å². The van der Waals surface area contributed by atoms with Gasteiger partial charge < -0.3 is 10.0 Å². The van der Waals surface area contributed by atoms with Crippen LogP contribution in [0.25, 0.3) is 5.69 Å². The number of β-amino-alcohol motifs (C(OH)–C–C–N with tert-alkyl or cyclic N) is 1. The van der Waals surface area contributed by atoms with Crippen LogP contribution in [0.1, 0.15) is 54.0 Å². The first-order chi connectivity index (χ1) is 16.2. The Morgan fingerprint density at radius 3 is 2.44 bits per heavy atom. The number of ketones is 1. The number of hydrogen-bond acceptors (Lipinski definition) is 6. The van der Waals surface area contributed by atoms with Gasteiger partial charge in [0.05, 0.1) is 40.5 Å². The normalized spacial score (nSPS) is 16.2. The molecule has 0 saturated carbocycles. The Labute approximate surface area is 200 Å². The number of nitriles is 1. The maximum Gasteiger partial charge on any atom is 0.170 e. The van der Waals surface area contributed by atoms with Gasteiger partial charge in [-0.25, -0.2) is 4.68 Å². The summed E-state index contributed by atoms with van der Waals surface area (Å²) in [5, 5.41) is 24.5. The van der Waals surface area contributed by atoms with Crippen LogP contribution in [0.4, 0.5) is 0 Å². The highest BCUT2D eigenvalue weighted by Crippen LogP contribution is 2.34. The molecule has 0 atom stereocenters. The number of aliphatic hydroxyl groups is 1. The summed E-state index contributed by atoms with van der Waals surface area (Å²) in [7, 11) is 0. The molecule has 0 bridgehead atoms. The van der Waals surface area contributed by atoms with Crippen molar-refractivity contribution in [1.29, 1.82) is 5.26 Å². The average Bonchev–Trinajstić information content (AvgIpc) is 3.21. The Kier molecular flexibility index (Phi) is 6.65. The van der Waals surface area contributed by atoms with Crippen LogP contribution in [0, 0.1) is 18.3 Å². The molecule has 3 heterocycles. The fourth-order valence-corrected chi connectivity index (χ4v) is 4.67. The van der Waals surface area contributed by atoms with Crippen molar-refractivity contribution in [1.82, 2.24) is 19.7 Å². The summed E-state index contributed by atoms with van der Waals surface area (Å²) in [5.41, 5.74) is 2.50. The third-order valence-corrected chi connectivity index (χ3v) is 6.52. The van der Waals surface area contributed by atoms with Crippen LogP contribution in [0.5, 0.6) is 0 Å². The molecule has 176 valence electrons. The van der Waals surface area contributed by atoms with Gasteiger partial charge in [-0.3, -0.25) is 9.78 Å². The molecule has 0 radical (unpaired) electrons. The summed E-state index contributed by atoms with van der Waals surface area (Å²) in [5.74, 6) is -0.0100. The predicted molar refractivity (Wildman–Crippen MR) is 130 cm³/mol. The second-order valence-electron chi connectivity index (χ2n) is 9.83. The molecule has 1 aliphatic heterocycles. The minimum absolute atomic E-state index is 0.0100. The van der Waals surface area contributed by atoms with Crippen molar-refractivity contribution in [2.75, 3.05) is 19.6 Å². The molecule has 1 aromatic carbocycles. The molecule has 2 aromatic heterocycles. The maximum atomic E-state index is 13.0. The van der Waals surface area contributed by atoms with Crippen molar-refractivity contribution >= 4 is 5.78 Å². The number of carbonyl (C=O) groups is 1. The van der Waals surface area contributed by atoms with Crippen molar-refractivity contribution in [2.24, 2.45) is 0 Å². The lowest BCUT2D eigenvalue weighted by Gasteiger charge is -2.39. The van der Waals surface area contributed by atoms with E-state index in [0.29, 0.717) is 24.9 Å². The van der Waals surface area contributed by atoms with E-state index < -0.39 is 11.0 Å². The number of aromatic nitrogens is 3. The van der Waals surface area contributed by atoms with Gasteiger partial charge in [0.1, 0.15) is 5.41 Å². The van der Waals surface area contributed by atoms with Crippen molar-refractivity contribution < 1.29 is 9.90 Å². The standard InChI is InChI=1S/C27H31N5O2/c1-20-23(17-30-32(20)22-7-5-4-6-8-22)24(33)15-21-9-10-25(29-16-21)27(18-28)11-13-31(14-12-27)19-26(2,3)34/h4-10,16-17,34H,11-15,19H2,1-3H3. The summed E-state index contributed by atoms with van der Waals surface area (Å²) in [6, 6.07) is 16.0. The molecule has 7 heteroatoms. The van der Waals surface area contributed by atoms with Crippen molar-refractivity contribution in [3.05, 3.63) is 77.4 Å². The van der Waals surface area contributed by atoms with Gasteiger partial charge in [-0.1, -0.05) is 24.3 Å². The second kappa shape index (κ2) is 9.49. The second-order valence-corrected chi connectivity index (χ2v) is 9.83. The molecular weight excluding hydrogens is 426 g/mol. The number of piperidine rings is 1. The van der Waals surface area contributed by atoms with Gasteiger partial charge in [-0.2, -0.15) is 10.4 Å². The monoisotopic (exact) mass is 457 g/mol. The number of Topliss-reactive ketones (excluding diaryl/α,β-unsaturated/α-hetero) is 1. The van der Waals surface area contributed by atoms with E-state index >= 15 is 0 Å². The molecule has 34 heavy (non-hydrogen) atoms. The van der Waals surface area contributed by atoms with E-state index in [1.165, 1.54) is 0 Å². The zero-order chi connectivity index (χ0) is 24.3. The third-order valence-electron chi connectivity index (χ3n) is 6.52. The quantitative estimate of drug-likeness (QED) is 0.545. The topological polar surface area (TPSA) is 95.0 Å². The van der Waals surface area contributed by atoms with Gasteiger partial charge in [0, 0.05) is 32.3 Å². The van der Waals surface area contributed by atoms with Gasteiger partial charge in [0.15, 0.2) is 5.78 Å². The van der Waals surface area contributed by atoms with Crippen LogP contribution < -0.4 is 0 Å². The molecule has 1 N–H and O–H groups in total. The molecule has 0 unspecified atom stereocenters. The molecular formula is C27H31N5O2. The SMILES string of the molecule is Cc1c(C(=O)Cc2ccc(C3(C#N)CCN(CC(C)(C)O)CC3)nc2)cnn1-c1ccccc1. The Bertz CT molecular complexity index is 1180. The molecule has 0 aliphatic carbocycles. The van der Waals surface area contributed by atoms with Crippen LogP contribution in [0.2, 0.25) is 0 Å². The number of hydrogen-bond donors (Lipinski definition) is 1. The van der Waals surface area contributed by atoms with Gasteiger partial charge in [-0.15, -0.1) is 0 Å². The fourth-order valence-electron chi connectivity index (χ4n) is 4.67. The summed E-state index contributed by atoms with van der Waals surface area (Å²) in [4.78, 5) is 19.8.